The number of nitrogens with two attached hydrogens (primary N) is 1. The molecule has 6 nitrogen and oxygen atoms in total. The smallest absolute Gasteiger partial charge is 0.161 e. The van der Waals surface area contributed by atoms with E-state index in [9.17, 15) is 0 Å². The van der Waals surface area contributed by atoms with Crippen LogP contribution in [0.25, 0.3) is 0 Å². The number of nitrogens with one attached hydrogen (secondary N) is 1. The molecular weight excluding hydrogens is 220 g/mol. The Balaban J connectivity index is 3.19. The van der Waals surface area contributed by atoms with E-state index in [1.807, 2.05) is 11.6 Å². The van der Waals surface area contributed by atoms with Gasteiger partial charge in [0.25, 0.3) is 0 Å². The summed E-state index contributed by atoms with van der Waals surface area (Å²) in [5.41, 5.74) is 3.66. The van der Waals surface area contributed by atoms with Crippen molar-refractivity contribution in [2.24, 2.45) is 5.84 Å². The summed E-state index contributed by atoms with van der Waals surface area (Å²) in [5.74, 6) is 6.32. The highest BCUT2D eigenvalue weighted by Crippen LogP contribution is 2.29. The van der Waals surface area contributed by atoms with E-state index in [0.29, 0.717) is 5.75 Å². The van der Waals surface area contributed by atoms with Crippen LogP contribution in [0.5, 0.6) is 5.75 Å². The maximum absolute atomic E-state index is 5.61. The fourth-order valence-corrected chi connectivity index (χ4v) is 1.79. The fraction of sp³-hybridized carbons (Fsp3) is 0.727. The summed E-state index contributed by atoms with van der Waals surface area (Å²) < 4.78 is 12.5. The van der Waals surface area contributed by atoms with Gasteiger partial charge in [-0.2, -0.15) is 5.10 Å². The molecule has 2 unspecified atom stereocenters. The first-order chi connectivity index (χ1) is 8.06. The number of hydrogen-bond acceptors (Lipinski definition) is 5. The zero-order valence-electron chi connectivity index (χ0n) is 11.1. The molecule has 0 amide bonds. The maximum Gasteiger partial charge on any atom is 0.161 e. The summed E-state index contributed by atoms with van der Waals surface area (Å²) in [4.78, 5) is 0. The average molecular weight is 242 g/mol. The molecular formula is C11H22N4O2. The summed E-state index contributed by atoms with van der Waals surface area (Å²) in [7, 11) is 3.27. The van der Waals surface area contributed by atoms with Gasteiger partial charge in [0.15, 0.2) is 5.75 Å². The molecule has 0 aliphatic rings. The lowest BCUT2D eigenvalue weighted by Gasteiger charge is -2.25. The molecule has 0 bridgehead atoms. The van der Waals surface area contributed by atoms with Crippen molar-refractivity contribution in [1.82, 2.24) is 15.2 Å². The highest BCUT2D eigenvalue weighted by Gasteiger charge is 2.27. The molecule has 98 valence electrons. The number of ether oxygens (including phenoxy) is 2. The van der Waals surface area contributed by atoms with Crippen molar-refractivity contribution in [3.8, 4) is 5.75 Å². The Hall–Kier alpha value is -1.11. The maximum atomic E-state index is 5.61. The van der Waals surface area contributed by atoms with E-state index in [1.165, 1.54) is 0 Å². The lowest BCUT2D eigenvalue weighted by molar-refractivity contribution is 0.0786. The van der Waals surface area contributed by atoms with Crippen molar-refractivity contribution in [1.29, 1.82) is 0 Å². The summed E-state index contributed by atoms with van der Waals surface area (Å²) in [6.07, 6.45) is 1.62. The average Bonchev–Trinajstić information content (AvgIpc) is 2.73. The molecule has 17 heavy (non-hydrogen) atoms. The number of rotatable bonds is 6. The van der Waals surface area contributed by atoms with Crippen molar-refractivity contribution in [3.05, 3.63) is 11.9 Å². The molecule has 0 aromatic carbocycles. The second-order valence-electron chi connectivity index (χ2n) is 4.22. The van der Waals surface area contributed by atoms with E-state index in [2.05, 4.69) is 24.4 Å². The van der Waals surface area contributed by atoms with E-state index in [4.69, 9.17) is 15.3 Å². The fourth-order valence-electron chi connectivity index (χ4n) is 1.79. The largest absolute Gasteiger partial charge is 0.493 e. The van der Waals surface area contributed by atoms with E-state index in [0.717, 1.165) is 5.69 Å². The summed E-state index contributed by atoms with van der Waals surface area (Å²) in [6, 6.07) is 0.0636. The Kier molecular flexibility index (Phi) is 4.92. The third-order valence-corrected chi connectivity index (χ3v) is 2.82. The molecule has 0 aliphatic carbocycles. The lowest BCUT2D eigenvalue weighted by atomic mass is 10.1. The summed E-state index contributed by atoms with van der Waals surface area (Å²) in [5, 5.41) is 4.31. The van der Waals surface area contributed by atoms with Gasteiger partial charge < -0.3 is 9.47 Å². The molecule has 0 spiro atoms. The van der Waals surface area contributed by atoms with E-state index in [1.54, 1.807) is 20.4 Å². The van der Waals surface area contributed by atoms with Crippen LogP contribution in [0.3, 0.4) is 0 Å². The molecule has 0 saturated heterocycles. The standard InChI is InChI=1S/C11H22N4O2/c1-7(2)15-11(9(17-5)6-13-15)10(14-12)8(3)16-4/h6-8,10,14H,12H2,1-5H3. The van der Waals surface area contributed by atoms with Crippen LogP contribution in [0.4, 0.5) is 0 Å². The van der Waals surface area contributed by atoms with Crippen LogP contribution < -0.4 is 16.0 Å². The number of hydrazine groups is 1. The Morgan fingerprint density at radius 3 is 2.41 bits per heavy atom. The van der Waals surface area contributed by atoms with Crippen LogP contribution in [0.2, 0.25) is 0 Å². The van der Waals surface area contributed by atoms with Gasteiger partial charge in [-0.05, 0) is 20.8 Å². The minimum Gasteiger partial charge on any atom is -0.493 e. The van der Waals surface area contributed by atoms with Crippen LogP contribution in [0.1, 0.15) is 38.5 Å². The monoisotopic (exact) mass is 242 g/mol. The Labute approximate surface area is 102 Å². The molecule has 2 atom stereocenters. The number of methoxy groups -OCH3 is 2. The molecule has 1 rings (SSSR count). The van der Waals surface area contributed by atoms with Gasteiger partial charge in [-0.3, -0.25) is 10.5 Å². The minimum absolute atomic E-state index is 0.0805. The van der Waals surface area contributed by atoms with Crippen LogP contribution in [0, 0.1) is 0 Å². The number of aromatic nitrogens is 2. The Morgan fingerprint density at radius 2 is 2.00 bits per heavy atom. The van der Waals surface area contributed by atoms with Gasteiger partial charge >= 0.3 is 0 Å². The highest BCUT2D eigenvalue weighted by molar-refractivity contribution is 5.29. The van der Waals surface area contributed by atoms with E-state index >= 15 is 0 Å². The van der Waals surface area contributed by atoms with Gasteiger partial charge in [0.1, 0.15) is 5.69 Å². The van der Waals surface area contributed by atoms with Crippen molar-refractivity contribution in [2.45, 2.75) is 39.0 Å². The minimum atomic E-state index is -0.167. The second kappa shape index (κ2) is 6.00. The quantitative estimate of drug-likeness (QED) is 0.575. The van der Waals surface area contributed by atoms with Crippen molar-refractivity contribution < 1.29 is 9.47 Å². The topological polar surface area (TPSA) is 74.3 Å². The van der Waals surface area contributed by atoms with Crippen molar-refractivity contribution in [3.63, 3.8) is 0 Å². The molecule has 0 radical (unpaired) electrons. The molecule has 0 saturated carbocycles. The molecule has 0 fully saturated rings. The second-order valence-corrected chi connectivity index (χ2v) is 4.22. The third-order valence-electron chi connectivity index (χ3n) is 2.82. The summed E-state index contributed by atoms with van der Waals surface area (Å²) in [6.45, 7) is 6.06. The van der Waals surface area contributed by atoms with Gasteiger partial charge in [0.2, 0.25) is 0 Å². The first-order valence-electron chi connectivity index (χ1n) is 5.67. The van der Waals surface area contributed by atoms with E-state index in [-0.39, 0.29) is 18.2 Å². The zero-order valence-corrected chi connectivity index (χ0v) is 11.1. The van der Waals surface area contributed by atoms with Gasteiger partial charge in [0, 0.05) is 13.2 Å². The Morgan fingerprint density at radius 1 is 1.35 bits per heavy atom. The normalized spacial score (nSPS) is 15.0. The van der Waals surface area contributed by atoms with Gasteiger partial charge in [-0.25, -0.2) is 5.43 Å². The predicted octanol–water partition coefficient (Wildman–Crippen LogP) is 1.01. The van der Waals surface area contributed by atoms with Crippen molar-refractivity contribution in [2.75, 3.05) is 14.2 Å². The molecule has 6 heteroatoms. The van der Waals surface area contributed by atoms with Gasteiger partial charge in [-0.1, -0.05) is 0 Å². The highest BCUT2D eigenvalue weighted by atomic mass is 16.5. The molecule has 1 aromatic rings. The van der Waals surface area contributed by atoms with Crippen LogP contribution >= 0.6 is 0 Å². The predicted molar refractivity (Wildman–Crippen MR) is 65.7 cm³/mol. The lowest BCUT2D eigenvalue weighted by Crippen LogP contribution is -2.38. The molecule has 3 N–H and O–H groups in total. The number of nitrogens with zero attached hydrogens (tertiary/aromatic N) is 2. The SMILES string of the molecule is COc1cnn(C(C)C)c1C(NN)C(C)OC. The van der Waals surface area contributed by atoms with Crippen LogP contribution in [-0.4, -0.2) is 30.1 Å². The van der Waals surface area contributed by atoms with Crippen LogP contribution in [-0.2, 0) is 4.74 Å². The molecule has 1 aromatic heterocycles. The Bertz CT molecular complexity index is 351. The van der Waals surface area contributed by atoms with E-state index < -0.39 is 0 Å². The first kappa shape index (κ1) is 14.0. The molecule has 0 aliphatic heterocycles. The van der Waals surface area contributed by atoms with Crippen molar-refractivity contribution >= 4 is 0 Å². The first-order valence-corrected chi connectivity index (χ1v) is 5.67. The third kappa shape index (κ3) is 2.77. The van der Waals surface area contributed by atoms with Gasteiger partial charge in [0.05, 0.1) is 25.5 Å². The number of hydrogen-bond donors (Lipinski definition) is 2. The zero-order chi connectivity index (χ0) is 13.0. The summed E-state index contributed by atoms with van der Waals surface area (Å²) >= 11 is 0. The molecule has 1 heterocycles. The van der Waals surface area contributed by atoms with Gasteiger partial charge in [-0.15, -0.1) is 0 Å². The van der Waals surface area contributed by atoms with Crippen LogP contribution in [0.15, 0.2) is 6.20 Å².